The van der Waals surface area contributed by atoms with Crippen LogP contribution in [0.25, 0.3) is 0 Å². The van der Waals surface area contributed by atoms with Crippen LogP contribution in [0.4, 0.5) is 10.1 Å². The van der Waals surface area contributed by atoms with Crippen molar-refractivity contribution in [3.05, 3.63) is 61.9 Å². The number of anilines is 1. The van der Waals surface area contributed by atoms with Gasteiger partial charge in [0.15, 0.2) is 0 Å². The van der Waals surface area contributed by atoms with Crippen molar-refractivity contribution >= 4 is 51.7 Å². The fourth-order valence-electron chi connectivity index (χ4n) is 1.61. The molecule has 2 amide bonds. The van der Waals surface area contributed by atoms with Crippen molar-refractivity contribution in [2.75, 3.05) is 5.32 Å². The van der Waals surface area contributed by atoms with Gasteiger partial charge in [-0.05, 0) is 59.0 Å². The first kappa shape index (κ1) is 15.7. The molecule has 0 aliphatic carbocycles. The van der Waals surface area contributed by atoms with Crippen molar-refractivity contribution in [2.24, 2.45) is 5.73 Å². The van der Waals surface area contributed by atoms with E-state index >= 15 is 0 Å². The maximum atomic E-state index is 13.7. The van der Waals surface area contributed by atoms with Crippen molar-refractivity contribution in [1.29, 1.82) is 0 Å². The zero-order chi connectivity index (χ0) is 15.6. The molecule has 0 radical (unpaired) electrons. The van der Waals surface area contributed by atoms with Gasteiger partial charge in [0.25, 0.3) is 5.91 Å². The summed E-state index contributed by atoms with van der Waals surface area (Å²) in [5.41, 5.74) is 5.39. The van der Waals surface area contributed by atoms with Gasteiger partial charge >= 0.3 is 0 Å². The molecule has 21 heavy (non-hydrogen) atoms. The number of nitrogens with two attached hydrogens (primary N) is 1. The predicted molar refractivity (Wildman–Crippen MR) is 87.0 cm³/mol. The number of halogens is 3. The van der Waals surface area contributed by atoms with Gasteiger partial charge in [0.2, 0.25) is 5.91 Å². The van der Waals surface area contributed by atoms with Crippen LogP contribution in [0.1, 0.15) is 20.7 Å². The highest BCUT2D eigenvalue weighted by Crippen LogP contribution is 2.21. The maximum absolute atomic E-state index is 13.7. The Morgan fingerprint density at radius 1 is 1.14 bits per heavy atom. The molecule has 7 heteroatoms. The minimum absolute atomic E-state index is 0.104. The minimum atomic E-state index is -0.706. The van der Waals surface area contributed by atoms with E-state index in [2.05, 4.69) is 5.32 Å². The standard InChI is InChI=1S/C14H9ClFIN2O2/c15-9-5-8(2-4-11(9)17)14(21)19-12-6-7(13(18)20)1-3-10(12)16/h1-6H,(H2,18,20)(H,19,21). The van der Waals surface area contributed by atoms with Crippen molar-refractivity contribution in [1.82, 2.24) is 0 Å². The lowest BCUT2D eigenvalue weighted by atomic mass is 10.1. The van der Waals surface area contributed by atoms with Gasteiger partial charge in [-0.25, -0.2) is 4.39 Å². The third-order valence-corrected chi connectivity index (χ3v) is 4.25. The van der Waals surface area contributed by atoms with E-state index in [1.54, 1.807) is 12.1 Å². The van der Waals surface area contributed by atoms with Gasteiger partial charge in [-0.2, -0.15) is 0 Å². The number of hydrogen-bond donors (Lipinski definition) is 2. The molecule has 2 aromatic rings. The molecule has 2 rings (SSSR count). The van der Waals surface area contributed by atoms with Crippen LogP contribution in [-0.2, 0) is 0 Å². The number of rotatable bonds is 3. The number of carbonyl (C=O) groups is 2. The zero-order valence-electron chi connectivity index (χ0n) is 10.5. The van der Waals surface area contributed by atoms with Crippen molar-refractivity contribution in [3.8, 4) is 0 Å². The fourth-order valence-corrected chi connectivity index (χ4v) is 2.12. The number of amides is 2. The van der Waals surface area contributed by atoms with E-state index in [0.717, 1.165) is 9.64 Å². The van der Waals surface area contributed by atoms with Crippen LogP contribution in [0.3, 0.4) is 0 Å². The molecule has 0 aromatic heterocycles. The molecule has 0 saturated heterocycles. The number of primary amides is 1. The molecule has 0 spiro atoms. The molecule has 4 nitrogen and oxygen atoms in total. The quantitative estimate of drug-likeness (QED) is 0.750. The topological polar surface area (TPSA) is 72.2 Å². The SMILES string of the molecule is NC(=O)c1ccc(F)c(NC(=O)c2ccc(I)c(Cl)c2)c1. The third-order valence-electron chi connectivity index (χ3n) is 2.68. The van der Waals surface area contributed by atoms with Crippen LogP contribution in [0, 0.1) is 9.39 Å². The van der Waals surface area contributed by atoms with Crippen LogP contribution < -0.4 is 11.1 Å². The van der Waals surface area contributed by atoms with Crippen molar-refractivity contribution in [2.45, 2.75) is 0 Å². The van der Waals surface area contributed by atoms with Crippen LogP contribution in [0.15, 0.2) is 36.4 Å². The minimum Gasteiger partial charge on any atom is -0.366 e. The molecular formula is C14H9ClFIN2O2. The second-order valence-electron chi connectivity index (χ2n) is 4.14. The molecule has 108 valence electrons. The molecule has 3 N–H and O–H groups in total. The molecule has 0 unspecified atom stereocenters. The molecule has 0 atom stereocenters. The first-order valence-corrected chi connectivity index (χ1v) is 7.20. The predicted octanol–water partition coefficient (Wildman–Crippen LogP) is 3.43. The van der Waals surface area contributed by atoms with Gasteiger partial charge < -0.3 is 11.1 Å². The lowest BCUT2D eigenvalue weighted by molar-refractivity contribution is 0.0996. The summed E-state index contributed by atoms with van der Waals surface area (Å²) in [6.07, 6.45) is 0. The maximum Gasteiger partial charge on any atom is 0.255 e. The fraction of sp³-hybridized carbons (Fsp3) is 0. The van der Waals surface area contributed by atoms with Gasteiger partial charge in [-0.3, -0.25) is 9.59 Å². The van der Waals surface area contributed by atoms with Crippen LogP contribution in [-0.4, -0.2) is 11.8 Å². The first-order chi connectivity index (χ1) is 9.88. The van der Waals surface area contributed by atoms with Gasteiger partial charge in [0.1, 0.15) is 5.82 Å². The van der Waals surface area contributed by atoms with E-state index in [0.29, 0.717) is 5.02 Å². The highest BCUT2D eigenvalue weighted by molar-refractivity contribution is 14.1. The Labute approximate surface area is 138 Å². The van der Waals surface area contributed by atoms with E-state index in [-0.39, 0.29) is 16.8 Å². The number of carbonyl (C=O) groups excluding carboxylic acids is 2. The summed E-state index contributed by atoms with van der Waals surface area (Å²) in [7, 11) is 0. The summed E-state index contributed by atoms with van der Waals surface area (Å²) in [5, 5.41) is 2.81. The number of nitrogens with one attached hydrogen (secondary N) is 1. The van der Waals surface area contributed by atoms with Crippen LogP contribution in [0.2, 0.25) is 5.02 Å². The summed E-state index contributed by atoms with van der Waals surface area (Å²) in [6.45, 7) is 0. The molecule has 0 heterocycles. The van der Waals surface area contributed by atoms with E-state index in [1.807, 2.05) is 22.6 Å². The molecular weight excluding hydrogens is 410 g/mol. The molecule has 0 aliphatic rings. The second kappa shape index (κ2) is 6.40. The molecule has 0 saturated carbocycles. The van der Waals surface area contributed by atoms with E-state index in [9.17, 15) is 14.0 Å². The Kier molecular flexibility index (Phi) is 4.79. The average Bonchev–Trinajstić information content (AvgIpc) is 2.43. The normalized spacial score (nSPS) is 10.2. The van der Waals surface area contributed by atoms with Crippen molar-refractivity contribution < 1.29 is 14.0 Å². The van der Waals surface area contributed by atoms with Gasteiger partial charge in [0, 0.05) is 14.7 Å². The van der Waals surface area contributed by atoms with Crippen LogP contribution >= 0.6 is 34.2 Å². The van der Waals surface area contributed by atoms with E-state index < -0.39 is 17.6 Å². The summed E-state index contributed by atoms with van der Waals surface area (Å²) in [6, 6.07) is 8.22. The molecule has 2 aromatic carbocycles. The monoisotopic (exact) mass is 418 g/mol. The highest BCUT2D eigenvalue weighted by atomic mass is 127. The molecule has 0 aliphatic heterocycles. The summed E-state index contributed by atoms with van der Waals surface area (Å²) >= 11 is 7.97. The average molecular weight is 419 g/mol. The van der Waals surface area contributed by atoms with Gasteiger partial charge in [-0.1, -0.05) is 11.6 Å². The number of benzene rings is 2. The largest absolute Gasteiger partial charge is 0.366 e. The summed E-state index contributed by atoms with van der Waals surface area (Å²) in [5.74, 6) is -1.90. The number of hydrogen-bond acceptors (Lipinski definition) is 2. The molecule has 0 bridgehead atoms. The first-order valence-electron chi connectivity index (χ1n) is 5.74. The third kappa shape index (κ3) is 3.70. The molecule has 0 fully saturated rings. The smallest absolute Gasteiger partial charge is 0.255 e. The Hall–Kier alpha value is -1.67. The van der Waals surface area contributed by atoms with Crippen molar-refractivity contribution in [3.63, 3.8) is 0 Å². The van der Waals surface area contributed by atoms with E-state index in [4.69, 9.17) is 17.3 Å². The Morgan fingerprint density at radius 3 is 2.43 bits per heavy atom. The Bertz CT molecular complexity index is 737. The zero-order valence-corrected chi connectivity index (χ0v) is 13.4. The van der Waals surface area contributed by atoms with Gasteiger partial charge in [-0.15, -0.1) is 0 Å². The second-order valence-corrected chi connectivity index (χ2v) is 5.71. The lowest BCUT2D eigenvalue weighted by Gasteiger charge is -2.08. The summed E-state index contributed by atoms with van der Waals surface area (Å²) < 4.78 is 14.5. The Balaban J connectivity index is 2.28. The van der Waals surface area contributed by atoms with E-state index in [1.165, 1.54) is 18.2 Å². The highest BCUT2D eigenvalue weighted by Gasteiger charge is 2.12. The van der Waals surface area contributed by atoms with Gasteiger partial charge in [0.05, 0.1) is 10.7 Å². The Morgan fingerprint density at radius 2 is 1.81 bits per heavy atom. The lowest BCUT2D eigenvalue weighted by Crippen LogP contribution is -2.15. The van der Waals surface area contributed by atoms with Crippen LogP contribution in [0.5, 0.6) is 0 Å². The summed E-state index contributed by atoms with van der Waals surface area (Å²) in [4.78, 5) is 23.1.